The van der Waals surface area contributed by atoms with Crippen molar-refractivity contribution in [1.29, 1.82) is 0 Å². The van der Waals surface area contributed by atoms with Crippen LogP contribution in [0.1, 0.15) is 18.4 Å². The first-order valence-corrected chi connectivity index (χ1v) is 7.66. The first kappa shape index (κ1) is 15.1. The lowest BCUT2D eigenvalue weighted by Crippen LogP contribution is -2.43. The molecule has 0 N–H and O–H groups in total. The van der Waals surface area contributed by atoms with Gasteiger partial charge in [0, 0.05) is 31.8 Å². The van der Waals surface area contributed by atoms with Gasteiger partial charge in [-0.25, -0.2) is 4.98 Å². The van der Waals surface area contributed by atoms with E-state index in [9.17, 15) is 0 Å². The molecule has 0 atom stereocenters. The molecule has 2 aromatic rings. The molecule has 0 bridgehead atoms. The third-order valence-electron chi connectivity index (χ3n) is 3.96. The monoisotopic (exact) mass is 302 g/mol. The van der Waals surface area contributed by atoms with Gasteiger partial charge in [0.1, 0.15) is 5.75 Å². The summed E-state index contributed by atoms with van der Waals surface area (Å²) in [6.45, 7) is 2.33. The predicted molar refractivity (Wildman–Crippen MR) is 82.8 cm³/mol. The fraction of sp³-hybridized carbons (Fsp3) is 0.471. The van der Waals surface area contributed by atoms with Crippen molar-refractivity contribution in [3.63, 3.8) is 0 Å². The van der Waals surface area contributed by atoms with Crippen molar-refractivity contribution >= 4 is 0 Å². The van der Waals surface area contributed by atoms with Gasteiger partial charge >= 0.3 is 0 Å². The Hall–Kier alpha value is -1.85. The molecular formula is C17H22N2O3. The maximum Gasteiger partial charge on any atom is 0.173 e. The van der Waals surface area contributed by atoms with Crippen molar-refractivity contribution in [2.24, 2.45) is 0 Å². The Balaban J connectivity index is 1.70. The molecule has 0 radical (unpaired) electrons. The zero-order chi connectivity index (χ0) is 15.3. The number of rotatable bonds is 6. The van der Waals surface area contributed by atoms with E-state index >= 15 is 0 Å². The Morgan fingerprint density at radius 2 is 2.00 bits per heavy atom. The molecule has 3 rings (SSSR count). The zero-order valence-electron chi connectivity index (χ0n) is 12.9. The van der Waals surface area contributed by atoms with Gasteiger partial charge in [0.15, 0.2) is 5.79 Å². The van der Waals surface area contributed by atoms with Crippen LogP contribution in [-0.4, -0.2) is 35.7 Å². The maximum atomic E-state index is 6.04. The number of hydrogen-bond acceptors (Lipinski definition) is 4. The molecule has 1 aromatic heterocycles. The highest BCUT2D eigenvalue weighted by Crippen LogP contribution is 2.28. The molecular weight excluding hydrogens is 280 g/mol. The fourth-order valence-electron chi connectivity index (χ4n) is 2.72. The lowest BCUT2D eigenvalue weighted by molar-refractivity contribution is -0.270. The molecule has 1 aromatic carbocycles. The van der Waals surface area contributed by atoms with E-state index in [0.717, 1.165) is 44.8 Å². The molecule has 0 saturated carbocycles. The minimum Gasteiger partial charge on any atom is -0.497 e. The average Bonchev–Trinajstić information content (AvgIpc) is 3.08. The summed E-state index contributed by atoms with van der Waals surface area (Å²) in [6, 6.07) is 8.09. The Morgan fingerprint density at radius 3 is 2.64 bits per heavy atom. The van der Waals surface area contributed by atoms with Crippen molar-refractivity contribution in [1.82, 2.24) is 9.55 Å². The minimum absolute atomic E-state index is 0.545. The van der Waals surface area contributed by atoms with Crippen LogP contribution in [0.15, 0.2) is 43.0 Å². The molecule has 5 nitrogen and oxygen atoms in total. The summed E-state index contributed by atoms with van der Waals surface area (Å²) in [4.78, 5) is 4.08. The highest BCUT2D eigenvalue weighted by molar-refractivity contribution is 5.27. The van der Waals surface area contributed by atoms with Crippen LogP contribution in [0.4, 0.5) is 0 Å². The number of nitrogens with zero attached hydrogens (tertiary/aromatic N) is 2. The van der Waals surface area contributed by atoms with Gasteiger partial charge in [-0.05, 0) is 24.1 Å². The van der Waals surface area contributed by atoms with Gasteiger partial charge < -0.3 is 18.8 Å². The molecule has 5 heteroatoms. The molecule has 1 saturated heterocycles. The number of hydrogen-bond donors (Lipinski definition) is 0. The second kappa shape index (κ2) is 6.94. The average molecular weight is 302 g/mol. The van der Waals surface area contributed by atoms with Crippen LogP contribution in [0.25, 0.3) is 0 Å². The van der Waals surface area contributed by atoms with Crippen molar-refractivity contribution in [2.75, 3.05) is 20.3 Å². The van der Waals surface area contributed by atoms with Crippen LogP contribution in [0.5, 0.6) is 5.75 Å². The molecule has 1 fully saturated rings. The van der Waals surface area contributed by atoms with E-state index in [1.165, 1.54) is 5.56 Å². The van der Waals surface area contributed by atoms with Crippen molar-refractivity contribution in [2.45, 2.75) is 31.6 Å². The summed E-state index contributed by atoms with van der Waals surface area (Å²) in [6.07, 6.45) is 8.07. The number of ether oxygens (including phenoxy) is 3. The summed E-state index contributed by atoms with van der Waals surface area (Å²) in [5, 5.41) is 0. The van der Waals surface area contributed by atoms with Crippen LogP contribution < -0.4 is 4.74 Å². The van der Waals surface area contributed by atoms with Crippen LogP contribution in [0, 0.1) is 0 Å². The molecule has 1 aliphatic rings. The van der Waals surface area contributed by atoms with Gasteiger partial charge in [0.05, 0.1) is 26.7 Å². The Labute approximate surface area is 130 Å². The molecule has 0 unspecified atom stereocenters. The van der Waals surface area contributed by atoms with Crippen LogP contribution >= 0.6 is 0 Å². The molecule has 0 aliphatic carbocycles. The lowest BCUT2D eigenvalue weighted by Gasteiger charge is -2.37. The minimum atomic E-state index is -0.545. The number of benzene rings is 1. The molecule has 22 heavy (non-hydrogen) atoms. The molecule has 118 valence electrons. The van der Waals surface area contributed by atoms with E-state index in [0.29, 0.717) is 0 Å². The van der Waals surface area contributed by atoms with Gasteiger partial charge in [0.2, 0.25) is 0 Å². The van der Waals surface area contributed by atoms with E-state index in [1.54, 1.807) is 13.3 Å². The summed E-state index contributed by atoms with van der Waals surface area (Å²) in [7, 11) is 1.68. The highest BCUT2D eigenvalue weighted by Gasteiger charge is 2.34. The number of methoxy groups -OCH3 is 1. The van der Waals surface area contributed by atoms with Gasteiger partial charge in [-0.2, -0.15) is 0 Å². The fourth-order valence-corrected chi connectivity index (χ4v) is 2.72. The first-order valence-electron chi connectivity index (χ1n) is 7.66. The Morgan fingerprint density at radius 1 is 1.23 bits per heavy atom. The van der Waals surface area contributed by atoms with Gasteiger partial charge in [0.25, 0.3) is 0 Å². The normalized spacial score (nSPS) is 17.3. The van der Waals surface area contributed by atoms with E-state index < -0.39 is 5.79 Å². The Bertz CT molecular complexity index is 560. The van der Waals surface area contributed by atoms with E-state index in [4.69, 9.17) is 14.2 Å². The lowest BCUT2D eigenvalue weighted by atomic mass is 10.0. The van der Waals surface area contributed by atoms with E-state index in [-0.39, 0.29) is 0 Å². The third kappa shape index (κ3) is 3.67. The van der Waals surface area contributed by atoms with E-state index in [1.807, 2.05) is 24.7 Å². The maximum absolute atomic E-state index is 6.04. The van der Waals surface area contributed by atoms with Crippen molar-refractivity contribution in [3.8, 4) is 5.75 Å². The van der Waals surface area contributed by atoms with Crippen molar-refractivity contribution < 1.29 is 14.2 Å². The quantitative estimate of drug-likeness (QED) is 0.823. The van der Waals surface area contributed by atoms with Crippen LogP contribution in [0.2, 0.25) is 0 Å². The molecule has 0 spiro atoms. The third-order valence-corrected chi connectivity index (χ3v) is 3.96. The second-order valence-electron chi connectivity index (χ2n) is 5.54. The first-order chi connectivity index (χ1) is 10.8. The topological polar surface area (TPSA) is 45.5 Å². The smallest absolute Gasteiger partial charge is 0.173 e. The number of aryl methyl sites for hydroxylation is 1. The van der Waals surface area contributed by atoms with Crippen molar-refractivity contribution in [3.05, 3.63) is 48.5 Å². The number of imidazole rings is 1. The Kier molecular flexibility index (Phi) is 4.75. The largest absolute Gasteiger partial charge is 0.497 e. The summed E-state index contributed by atoms with van der Waals surface area (Å²) in [5.74, 6) is 0.318. The molecule has 1 aliphatic heterocycles. The second-order valence-corrected chi connectivity index (χ2v) is 5.54. The summed E-state index contributed by atoms with van der Waals surface area (Å²) < 4.78 is 19.3. The summed E-state index contributed by atoms with van der Waals surface area (Å²) in [5.41, 5.74) is 1.19. The highest BCUT2D eigenvalue weighted by atomic mass is 16.7. The summed E-state index contributed by atoms with van der Waals surface area (Å²) >= 11 is 0. The predicted octanol–water partition coefficient (Wildman–Crippen LogP) is 2.66. The zero-order valence-corrected chi connectivity index (χ0v) is 12.9. The molecule has 2 heterocycles. The standard InChI is InChI=1S/C17H22N2O3/c1-20-16-5-3-15(4-6-16)13-17(21-11-2-12-22-17)7-9-19-10-8-18-14-19/h3-6,8,10,14H,2,7,9,11-13H2,1H3. The van der Waals surface area contributed by atoms with Gasteiger partial charge in [-0.3, -0.25) is 0 Å². The van der Waals surface area contributed by atoms with Gasteiger partial charge in [-0.15, -0.1) is 0 Å². The SMILES string of the molecule is COc1ccc(CC2(CCn3ccnc3)OCCCO2)cc1. The number of aromatic nitrogens is 2. The van der Waals surface area contributed by atoms with Crippen LogP contribution in [-0.2, 0) is 22.4 Å². The van der Waals surface area contributed by atoms with Crippen LogP contribution in [0.3, 0.4) is 0 Å². The van der Waals surface area contributed by atoms with Gasteiger partial charge in [-0.1, -0.05) is 12.1 Å². The molecule has 0 amide bonds. The van der Waals surface area contributed by atoms with E-state index in [2.05, 4.69) is 21.7 Å².